The second-order valence-electron chi connectivity index (χ2n) is 6.19. The van der Waals surface area contributed by atoms with Gasteiger partial charge in [0, 0.05) is 18.8 Å². The summed E-state index contributed by atoms with van der Waals surface area (Å²) in [7, 11) is 0. The van der Waals surface area contributed by atoms with Gasteiger partial charge in [-0.25, -0.2) is 0 Å². The lowest BCUT2D eigenvalue weighted by molar-refractivity contribution is -0.139. The van der Waals surface area contributed by atoms with E-state index in [0.29, 0.717) is 0 Å². The number of para-hydroxylation sites is 1. The number of fused-ring (bicyclic) bond motifs is 1. The molecule has 1 aromatic rings. The second-order valence-corrected chi connectivity index (χ2v) is 6.19. The van der Waals surface area contributed by atoms with E-state index in [1.807, 2.05) is 18.2 Å². The standard InChI is InChI=1S/C17H23NO2/c19-17(20)15-10-11-18(12-13-6-2-1-3-7-13)16-9-5-4-8-14(15)16/h4-5,8-9,13,15H,1-3,6-7,10-12H2,(H,19,20). The number of hydrogen-bond donors (Lipinski definition) is 1. The van der Waals surface area contributed by atoms with Crippen LogP contribution in [0.2, 0.25) is 0 Å². The van der Waals surface area contributed by atoms with E-state index in [1.54, 1.807) is 0 Å². The maximum atomic E-state index is 11.4. The summed E-state index contributed by atoms with van der Waals surface area (Å²) in [5.41, 5.74) is 2.15. The summed E-state index contributed by atoms with van der Waals surface area (Å²) >= 11 is 0. The maximum absolute atomic E-state index is 11.4. The van der Waals surface area contributed by atoms with Crippen LogP contribution < -0.4 is 4.90 Å². The van der Waals surface area contributed by atoms with E-state index in [0.717, 1.165) is 36.7 Å². The number of benzene rings is 1. The van der Waals surface area contributed by atoms with Crippen LogP contribution in [0.1, 0.15) is 50.0 Å². The topological polar surface area (TPSA) is 40.5 Å². The molecule has 1 saturated carbocycles. The molecule has 1 heterocycles. The predicted molar refractivity (Wildman–Crippen MR) is 80.2 cm³/mol. The fourth-order valence-corrected chi connectivity index (χ4v) is 3.76. The molecule has 3 nitrogen and oxygen atoms in total. The minimum absolute atomic E-state index is 0.325. The van der Waals surface area contributed by atoms with E-state index in [-0.39, 0.29) is 5.92 Å². The monoisotopic (exact) mass is 273 g/mol. The molecule has 1 atom stereocenters. The molecule has 1 N–H and O–H groups in total. The summed E-state index contributed by atoms with van der Waals surface area (Å²) in [5.74, 6) is -0.221. The van der Waals surface area contributed by atoms with Gasteiger partial charge in [-0.2, -0.15) is 0 Å². The van der Waals surface area contributed by atoms with Crippen LogP contribution in [-0.2, 0) is 4.79 Å². The summed E-state index contributed by atoms with van der Waals surface area (Å²) in [6, 6.07) is 8.06. The first kappa shape index (κ1) is 13.5. The van der Waals surface area contributed by atoms with Crippen molar-refractivity contribution in [2.75, 3.05) is 18.0 Å². The Bertz CT molecular complexity index is 480. The third-order valence-electron chi connectivity index (χ3n) is 4.84. The molecular weight excluding hydrogens is 250 g/mol. The minimum Gasteiger partial charge on any atom is -0.481 e. The van der Waals surface area contributed by atoms with Gasteiger partial charge in [-0.05, 0) is 36.8 Å². The third kappa shape index (κ3) is 2.67. The van der Waals surface area contributed by atoms with Crippen molar-refractivity contribution in [3.05, 3.63) is 29.8 Å². The summed E-state index contributed by atoms with van der Waals surface area (Å²) in [6.07, 6.45) is 7.51. The number of rotatable bonds is 3. The Morgan fingerprint density at radius 2 is 1.90 bits per heavy atom. The Hall–Kier alpha value is -1.51. The van der Waals surface area contributed by atoms with Gasteiger partial charge >= 0.3 is 5.97 Å². The van der Waals surface area contributed by atoms with Crippen LogP contribution in [0.3, 0.4) is 0 Å². The van der Waals surface area contributed by atoms with Crippen molar-refractivity contribution in [1.29, 1.82) is 0 Å². The first-order valence-corrected chi connectivity index (χ1v) is 7.82. The first-order chi connectivity index (χ1) is 9.75. The first-order valence-electron chi connectivity index (χ1n) is 7.82. The van der Waals surface area contributed by atoms with E-state index in [9.17, 15) is 9.90 Å². The molecule has 3 rings (SSSR count). The van der Waals surface area contributed by atoms with Gasteiger partial charge < -0.3 is 10.0 Å². The highest BCUT2D eigenvalue weighted by Crippen LogP contribution is 2.36. The molecule has 1 aromatic carbocycles. The normalized spacial score (nSPS) is 23.4. The highest BCUT2D eigenvalue weighted by atomic mass is 16.4. The smallest absolute Gasteiger partial charge is 0.311 e. The van der Waals surface area contributed by atoms with Crippen LogP contribution >= 0.6 is 0 Å². The van der Waals surface area contributed by atoms with Crippen molar-refractivity contribution in [3.63, 3.8) is 0 Å². The van der Waals surface area contributed by atoms with Crippen molar-refractivity contribution < 1.29 is 9.90 Å². The van der Waals surface area contributed by atoms with E-state index < -0.39 is 5.97 Å². The molecule has 1 aliphatic heterocycles. The van der Waals surface area contributed by atoms with Gasteiger partial charge in [0.05, 0.1) is 5.92 Å². The lowest BCUT2D eigenvalue weighted by Gasteiger charge is -2.37. The van der Waals surface area contributed by atoms with Crippen LogP contribution in [0.4, 0.5) is 5.69 Å². The summed E-state index contributed by atoms with van der Waals surface area (Å²) < 4.78 is 0. The van der Waals surface area contributed by atoms with Crippen LogP contribution in [0.5, 0.6) is 0 Å². The molecule has 1 fully saturated rings. The van der Waals surface area contributed by atoms with E-state index in [2.05, 4.69) is 11.0 Å². The zero-order valence-corrected chi connectivity index (χ0v) is 11.9. The average Bonchev–Trinajstić information content (AvgIpc) is 2.48. The number of hydrogen-bond acceptors (Lipinski definition) is 2. The number of carbonyl (C=O) groups is 1. The molecule has 108 valence electrons. The van der Waals surface area contributed by atoms with Gasteiger partial charge in [-0.3, -0.25) is 4.79 Å². The SMILES string of the molecule is O=C(O)C1CCN(CC2CCCCC2)c2ccccc21. The van der Waals surface area contributed by atoms with Crippen LogP contribution in [0, 0.1) is 5.92 Å². The van der Waals surface area contributed by atoms with Crippen LogP contribution in [0.15, 0.2) is 24.3 Å². The molecule has 0 bridgehead atoms. The van der Waals surface area contributed by atoms with Gasteiger partial charge in [0.15, 0.2) is 0 Å². The largest absolute Gasteiger partial charge is 0.481 e. The van der Waals surface area contributed by atoms with E-state index in [1.165, 1.54) is 32.1 Å². The average molecular weight is 273 g/mol. The van der Waals surface area contributed by atoms with Crippen LogP contribution in [-0.4, -0.2) is 24.2 Å². The van der Waals surface area contributed by atoms with Gasteiger partial charge in [0.25, 0.3) is 0 Å². The summed E-state index contributed by atoms with van der Waals surface area (Å²) in [6.45, 7) is 1.98. The Morgan fingerprint density at radius 1 is 1.15 bits per heavy atom. The molecule has 0 spiro atoms. The van der Waals surface area contributed by atoms with Crippen molar-refractivity contribution in [2.45, 2.75) is 44.4 Å². The van der Waals surface area contributed by atoms with Crippen molar-refractivity contribution in [2.24, 2.45) is 5.92 Å². The Labute approximate surface area is 120 Å². The number of anilines is 1. The summed E-state index contributed by atoms with van der Waals surface area (Å²) in [4.78, 5) is 13.8. The lowest BCUT2D eigenvalue weighted by atomic mass is 9.86. The maximum Gasteiger partial charge on any atom is 0.311 e. The fraction of sp³-hybridized carbons (Fsp3) is 0.588. The van der Waals surface area contributed by atoms with E-state index in [4.69, 9.17) is 0 Å². The quantitative estimate of drug-likeness (QED) is 0.914. The Morgan fingerprint density at radius 3 is 2.65 bits per heavy atom. The Balaban J connectivity index is 1.79. The zero-order chi connectivity index (χ0) is 13.9. The van der Waals surface area contributed by atoms with Crippen LogP contribution in [0.25, 0.3) is 0 Å². The second kappa shape index (κ2) is 5.86. The molecule has 3 heteroatoms. The molecule has 2 aliphatic rings. The number of carboxylic acids is 1. The number of nitrogens with zero attached hydrogens (tertiary/aromatic N) is 1. The van der Waals surface area contributed by atoms with Gasteiger partial charge in [-0.15, -0.1) is 0 Å². The molecule has 1 unspecified atom stereocenters. The van der Waals surface area contributed by atoms with Crippen molar-refractivity contribution in [3.8, 4) is 0 Å². The molecule has 0 saturated heterocycles. The van der Waals surface area contributed by atoms with Gasteiger partial charge in [0.2, 0.25) is 0 Å². The van der Waals surface area contributed by atoms with Gasteiger partial charge in [0.1, 0.15) is 0 Å². The van der Waals surface area contributed by atoms with Crippen molar-refractivity contribution >= 4 is 11.7 Å². The zero-order valence-electron chi connectivity index (χ0n) is 11.9. The fourth-order valence-electron chi connectivity index (χ4n) is 3.76. The van der Waals surface area contributed by atoms with Crippen molar-refractivity contribution in [1.82, 2.24) is 0 Å². The van der Waals surface area contributed by atoms with E-state index >= 15 is 0 Å². The highest BCUT2D eigenvalue weighted by Gasteiger charge is 2.30. The Kier molecular flexibility index (Phi) is 3.95. The highest BCUT2D eigenvalue weighted by molar-refractivity contribution is 5.80. The third-order valence-corrected chi connectivity index (χ3v) is 4.84. The van der Waals surface area contributed by atoms with Gasteiger partial charge in [-0.1, -0.05) is 37.5 Å². The molecule has 0 amide bonds. The molecule has 0 aromatic heterocycles. The molecule has 20 heavy (non-hydrogen) atoms. The lowest BCUT2D eigenvalue weighted by Crippen LogP contribution is -2.37. The molecule has 1 aliphatic carbocycles. The predicted octanol–water partition coefficient (Wildman–Crippen LogP) is 3.65. The minimum atomic E-state index is -0.685. The number of carboxylic acid groups (broad SMARTS) is 1. The number of aliphatic carboxylic acids is 1. The molecule has 0 radical (unpaired) electrons. The molecular formula is C17H23NO2. The summed E-state index contributed by atoms with van der Waals surface area (Å²) in [5, 5.41) is 9.37.